The van der Waals surface area contributed by atoms with Crippen LogP contribution in [-0.2, 0) is 33.8 Å². The van der Waals surface area contributed by atoms with Crippen LogP contribution in [0.2, 0.25) is 0 Å². The molecule has 1 aromatic heterocycles. The number of aryl methyl sites for hydroxylation is 1. The second-order valence-corrected chi connectivity index (χ2v) is 7.56. The van der Waals surface area contributed by atoms with Crippen molar-refractivity contribution in [3.05, 3.63) is 59.5 Å². The Morgan fingerprint density at radius 2 is 1.82 bits per heavy atom. The number of hydrogen-bond acceptors (Lipinski definition) is 5. The predicted molar refractivity (Wildman–Crippen MR) is 108 cm³/mol. The Morgan fingerprint density at radius 3 is 2.50 bits per heavy atom. The van der Waals surface area contributed by atoms with Gasteiger partial charge in [-0.25, -0.2) is 0 Å². The van der Waals surface area contributed by atoms with Crippen molar-refractivity contribution in [1.29, 1.82) is 0 Å². The standard InChI is InChI=1S/C23H31NO4/c1-3-27-22(25)23(12-11-19-7-5-4-6-8-19)13-15-24(16-14-23)17-20-9-10-21(28-20)18-26-2/h4-10H,3,11-18H2,1-2H3. The van der Waals surface area contributed by atoms with E-state index >= 15 is 0 Å². The number of esters is 1. The van der Waals surface area contributed by atoms with Crippen LogP contribution in [0.4, 0.5) is 0 Å². The van der Waals surface area contributed by atoms with Gasteiger partial charge < -0.3 is 13.9 Å². The summed E-state index contributed by atoms with van der Waals surface area (Å²) >= 11 is 0. The molecule has 0 spiro atoms. The first-order valence-corrected chi connectivity index (χ1v) is 10.2. The third kappa shape index (κ3) is 5.24. The van der Waals surface area contributed by atoms with Crippen LogP contribution in [0.25, 0.3) is 0 Å². The van der Waals surface area contributed by atoms with Crippen LogP contribution in [0.5, 0.6) is 0 Å². The first kappa shape index (κ1) is 20.6. The van der Waals surface area contributed by atoms with Gasteiger partial charge in [0.1, 0.15) is 18.1 Å². The highest BCUT2D eigenvalue weighted by Crippen LogP contribution is 2.38. The quantitative estimate of drug-likeness (QED) is 0.606. The lowest BCUT2D eigenvalue weighted by Crippen LogP contribution is -2.45. The molecule has 0 radical (unpaired) electrons. The summed E-state index contributed by atoms with van der Waals surface area (Å²) in [7, 11) is 1.66. The number of nitrogens with zero attached hydrogens (tertiary/aromatic N) is 1. The van der Waals surface area contributed by atoms with E-state index in [-0.39, 0.29) is 11.4 Å². The number of benzene rings is 1. The van der Waals surface area contributed by atoms with E-state index in [9.17, 15) is 4.79 Å². The number of rotatable bonds is 9. The lowest BCUT2D eigenvalue weighted by Gasteiger charge is -2.39. The van der Waals surface area contributed by atoms with Crippen molar-refractivity contribution < 1.29 is 18.7 Å². The molecule has 0 unspecified atom stereocenters. The van der Waals surface area contributed by atoms with Gasteiger partial charge in [0.25, 0.3) is 0 Å². The lowest BCUT2D eigenvalue weighted by molar-refractivity contribution is -0.159. The van der Waals surface area contributed by atoms with Crippen LogP contribution >= 0.6 is 0 Å². The number of piperidine rings is 1. The van der Waals surface area contributed by atoms with E-state index in [4.69, 9.17) is 13.9 Å². The molecular weight excluding hydrogens is 354 g/mol. The Kier molecular flexibility index (Phi) is 7.29. The Morgan fingerprint density at radius 1 is 1.11 bits per heavy atom. The largest absolute Gasteiger partial charge is 0.466 e. The molecule has 3 rings (SSSR count). The molecule has 1 fully saturated rings. The highest BCUT2D eigenvalue weighted by Gasteiger charge is 2.42. The number of likely N-dealkylation sites (tertiary alicyclic amines) is 1. The molecule has 2 aromatic rings. The Labute approximate surface area is 167 Å². The van der Waals surface area contributed by atoms with Crippen molar-refractivity contribution in [3.8, 4) is 0 Å². The van der Waals surface area contributed by atoms with Crippen molar-refractivity contribution in [2.24, 2.45) is 5.41 Å². The van der Waals surface area contributed by atoms with Gasteiger partial charge >= 0.3 is 5.97 Å². The van der Waals surface area contributed by atoms with Crippen molar-refractivity contribution in [2.75, 3.05) is 26.8 Å². The summed E-state index contributed by atoms with van der Waals surface area (Å²) in [4.78, 5) is 15.2. The topological polar surface area (TPSA) is 51.9 Å². The average Bonchev–Trinajstić information content (AvgIpc) is 3.16. The van der Waals surface area contributed by atoms with Gasteiger partial charge in [0.05, 0.1) is 18.6 Å². The molecule has 1 aliphatic heterocycles. The number of hydrogen-bond donors (Lipinski definition) is 0. The minimum atomic E-state index is -0.382. The zero-order valence-electron chi connectivity index (χ0n) is 17.0. The molecule has 5 nitrogen and oxygen atoms in total. The highest BCUT2D eigenvalue weighted by molar-refractivity contribution is 5.77. The van der Waals surface area contributed by atoms with E-state index in [0.29, 0.717) is 13.2 Å². The normalized spacial score (nSPS) is 16.8. The molecule has 0 amide bonds. The summed E-state index contributed by atoms with van der Waals surface area (Å²) in [5.41, 5.74) is 0.891. The van der Waals surface area contributed by atoms with Gasteiger partial charge in [-0.1, -0.05) is 30.3 Å². The molecule has 5 heteroatoms. The van der Waals surface area contributed by atoms with Crippen molar-refractivity contribution in [3.63, 3.8) is 0 Å². The molecule has 0 N–H and O–H groups in total. The van der Waals surface area contributed by atoms with Gasteiger partial charge in [0.15, 0.2) is 0 Å². The van der Waals surface area contributed by atoms with Crippen molar-refractivity contribution in [2.45, 2.75) is 45.8 Å². The average molecular weight is 386 g/mol. The maximum absolute atomic E-state index is 12.8. The molecule has 0 saturated carbocycles. The SMILES string of the molecule is CCOC(=O)C1(CCc2ccccc2)CCN(Cc2ccc(COC)o2)CC1. The number of ether oxygens (including phenoxy) is 2. The fourth-order valence-electron chi connectivity index (χ4n) is 3.96. The second kappa shape index (κ2) is 9.89. The first-order chi connectivity index (χ1) is 13.6. The van der Waals surface area contributed by atoms with E-state index in [1.165, 1.54) is 5.56 Å². The molecule has 0 aliphatic carbocycles. The van der Waals surface area contributed by atoms with Crippen LogP contribution < -0.4 is 0 Å². The fourth-order valence-corrected chi connectivity index (χ4v) is 3.96. The van der Waals surface area contributed by atoms with Crippen LogP contribution in [-0.4, -0.2) is 37.7 Å². The third-order valence-electron chi connectivity index (χ3n) is 5.64. The number of carbonyl (C=O) groups excluding carboxylic acids is 1. The zero-order chi connectivity index (χ0) is 19.8. The minimum Gasteiger partial charge on any atom is -0.466 e. The maximum atomic E-state index is 12.8. The van der Waals surface area contributed by atoms with Gasteiger partial charge in [-0.15, -0.1) is 0 Å². The molecule has 0 atom stereocenters. The zero-order valence-corrected chi connectivity index (χ0v) is 17.0. The van der Waals surface area contributed by atoms with Crippen LogP contribution in [0, 0.1) is 5.41 Å². The second-order valence-electron chi connectivity index (χ2n) is 7.56. The molecular formula is C23H31NO4. The summed E-state index contributed by atoms with van der Waals surface area (Å²) in [6, 6.07) is 14.4. The minimum absolute atomic E-state index is 0.0361. The summed E-state index contributed by atoms with van der Waals surface area (Å²) in [5, 5.41) is 0. The maximum Gasteiger partial charge on any atom is 0.312 e. The number of carbonyl (C=O) groups is 1. The van der Waals surface area contributed by atoms with Crippen LogP contribution in [0.3, 0.4) is 0 Å². The molecule has 1 saturated heterocycles. The molecule has 2 heterocycles. The van der Waals surface area contributed by atoms with E-state index in [1.807, 2.05) is 25.1 Å². The van der Waals surface area contributed by atoms with Gasteiger partial charge in [-0.3, -0.25) is 9.69 Å². The molecule has 0 bridgehead atoms. The predicted octanol–water partition coefficient (Wildman–Crippen LogP) is 4.20. The Bertz CT molecular complexity index is 732. The Balaban J connectivity index is 1.60. The van der Waals surface area contributed by atoms with E-state index < -0.39 is 0 Å². The number of methoxy groups -OCH3 is 1. The van der Waals surface area contributed by atoms with Crippen LogP contribution in [0.1, 0.15) is 43.3 Å². The molecule has 152 valence electrons. The molecule has 1 aromatic carbocycles. The van der Waals surface area contributed by atoms with Gasteiger partial charge in [-0.2, -0.15) is 0 Å². The van der Waals surface area contributed by atoms with Gasteiger partial charge in [-0.05, 0) is 63.4 Å². The van der Waals surface area contributed by atoms with Crippen molar-refractivity contribution >= 4 is 5.97 Å². The number of furan rings is 1. The molecule has 28 heavy (non-hydrogen) atoms. The summed E-state index contributed by atoms with van der Waals surface area (Å²) in [5.74, 6) is 1.75. The van der Waals surface area contributed by atoms with Crippen LogP contribution in [0.15, 0.2) is 46.9 Å². The Hall–Kier alpha value is -2.11. The first-order valence-electron chi connectivity index (χ1n) is 10.2. The summed E-state index contributed by atoms with van der Waals surface area (Å²) in [6.07, 6.45) is 3.38. The van der Waals surface area contributed by atoms with Gasteiger partial charge in [0.2, 0.25) is 0 Å². The summed E-state index contributed by atoms with van der Waals surface area (Å²) < 4.78 is 16.4. The van der Waals surface area contributed by atoms with E-state index in [2.05, 4.69) is 29.2 Å². The summed E-state index contributed by atoms with van der Waals surface area (Å²) in [6.45, 7) is 5.31. The smallest absolute Gasteiger partial charge is 0.312 e. The van der Waals surface area contributed by atoms with E-state index in [0.717, 1.165) is 56.8 Å². The lowest BCUT2D eigenvalue weighted by atomic mass is 9.74. The molecule has 1 aliphatic rings. The fraction of sp³-hybridized carbons (Fsp3) is 0.522. The van der Waals surface area contributed by atoms with E-state index in [1.54, 1.807) is 7.11 Å². The third-order valence-corrected chi connectivity index (χ3v) is 5.64. The van der Waals surface area contributed by atoms with Gasteiger partial charge in [0, 0.05) is 7.11 Å². The monoisotopic (exact) mass is 385 g/mol. The van der Waals surface area contributed by atoms with Crippen molar-refractivity contribution in [1.82, 2.24) is 4.90 Å². The highest BCUT2D eigenvalue weighted by atomic mass is 16.5.